The molecule has 0 aliphatic rings. The summed E-state index contributed by atoms with van der Waals surface area (Å²) in [6.07, 6.45) is 0. The van der Waals surface area contributed by atoms with Crippen LogP contribution in [0.1, 0.15) is 0 Å². The summed E-state index contributed by atoms with van der Waals surface area (Å²) < 4.78 is 0. The van der Waals surface area contributed by atoms with Crippen LogP contribution < -0.4 is 0 Å². The fourth-order valence-corrected chi connectivity index (χ4v) is 0. The predicted octanol–water partition coefficient (Wildman–Crippen LogP) is -0.912. The van der Waals surface area contributed by atoms with E-state index in [9.17, 15) is 0 Å². The molecule has 0 radical (unpaired) electrons. The zero-order valence-electron chi connectivity index (χ0n) is 2.84. The van der Waals surface area contributed by atoms with Gasteiger partial charge < -0.3 is 0 Å². The molecule has 5 heavy (non-hydrogen) atoms. The van der Waals surface area contributed by atoms with Crippen molar-refractivity contribution in [2.45, 2.75) is 0 Å². The Kier molecular flexibility index (Phi) is 1.26. The Morgan fingerprint density at radius 3 is 1.20 bits per heavy atom. The van der Waals surface area contributed by atoms with Crippen molar-refractivity contribution in [2.24, 2.45) is 0 Å². The molecule has 0 aliphatic carbocycles. The molecular weight excluding hydrogens is 91.0 g/mol. The van der Waals surface area contributed by atoms with Crippen molar-refractivity contribution in [1.82, 2.24) is 0 Å². The molecule has 0 aromatic heterocycles. The third-order valence-corrected chi connectivity index (χ3v) is 0. The number of rotatable bonds is 0. The van der Waals surface area contributed by atoms with E-state index >= 15 is 0 Å². The van der Waals surface area contributed by atoms with E-state index in [0.29, 0.717) is 0 Å². The van der Waals surface area contributed by atoms with Gasteiger partial charge >= 0.3 is 29.3 Å². The van der Waals surface area contributed by atoms with Crippen molar-refractivity contribution < 1.29 is 14.7 Å². The number of hydrogen-bond donors (Lipinski definition) is 3. The van der Waals surface area contributed by atoms with E-state index in [1.165, 1.54) is 0 Å². The molecule has 0 spiro atoms. The minimum absolute atomic E-state index is 0.993. The van der Waals surface area contributed by atoms with Crippen LogP contribution in [0.25, 0.3) is 0 Å². The monoisotopic (exact) mass is 98.0 g/mol. The van der Waals surface area contributed by atoms with Crippen LogP contribution in [-0.2, 0) is 0 Å². The van der Waals surface area contributed by atoms with Gasteiger partial charge in [-0.05, 0) is 0 Å². The molecule has 4 heteroatoms. The van der Waals surface area contributed by atoms with E-state index in [-0.39, 0.29) is 0 Å². The molecule has 3 N–H and O–H groups in total. The molecule has 0 amide bonds. The van der Waals surface area contributed by atoms with Gasteiger partial charge in [0.05, 0.1) is 0 Å². The molecule has 0 saturated carbocycles. The third-order valence-electron chi connectivity index (χ3n) is 0. The van der Waals surface area contributed by atoms with Crippen molar-refractivity contribution in [3.05, 3.63) is 0 Å². The van der Waals surface area contributed by atoms with Crippen LogP contribution in [0.15, 0.2) is 0 Å². The first-order valence-corrected chi connectivity index (χ1v) is 3.51. The Morgan fingerprint density at radius 1 is 1.20 bits per heavy atom. The van der Waals surface area contributed by atoms with Crippen molar-refractivity contribution in [1.29, 1.82) is 0 Å². The van der Waals surface area contributed by atoms with Gasteiger partial charge in [-0.3, -0.25) is 0 Å². The maximum absolute atomic E-state index is 7.77. The van der Waals surface area contributed by atoms with E-state index in [1.807, 2.05) is 0 Å². The number of hydrogen-bond acceptors (Lipinski definition) is 3. The zero-order valence-corrected chi connectivity index (χ0v) is 3.84. The van der Waals surface area contributed by atoms with Crippen LogP contribution in [0.4, 0.5) is 0 Å². The van der Waals surface area contributed by atoms with Gasteiger partial charge in [0.15, 0.2) is 0 Å². The van der Waals surface area contributed by atoms with E-state index < -0.39 is 7.94 Å². The first kappa shape index (κ1) is 5.31. The quantitative estimate of drug-likeness (QED) is 0.344. The summed E-state index contributed by atoms with van der Waals surface area (Å²) in [5.41, 5.74) is 0. The molecule has 3 nitrogen and oxygen atoms in total. The summed E-state index contributed by atoms with van der Waals surface area (Å²) in [5, 5.41) is 0. The first-order chi connectivity index (χ1) is 2.00. The van der Waals surface area contributed by atoms with Crippen LogP contribution in [0, 0.1) is 0 Å². The summed E-state index contributed by atoms with van der Waals surface area (Å²) in [6, 6.07) is 0. The minimum atomic E-state index is -3.61. The van der Waals surface area contributed by atoms with E-state index in [0.717, 1.165) is 6.66 Å². The van der Waals surface area contributed by atoms with Gasteiger partial charge in [0.2, 0.25) is 0 Å². The van der Waals surface area contributed by atoms with Crippen LogP contribution >= 0.6 is 7.94 Å². The SMILES string of the molecule is C[PH](O)(O)O. The molecule has 0 unspecified atom stereocenters. The second kappa shape index (κ2) is 1.19. The average molecular weight is 98.0 g/mol. The van der Waals surface area contributed by atoms with Gasteiger partial charge in [-0.25, -0.2) is 0 Å². The molecule has 0 rings (SSSR count). The van der Waals surface area contributed by atoms with Crippen LogP contribution in [0.5, 0.6) is 0 Å². The van der Waals surface area contributed by atoms with Crippen molar-refractivity contribution in [3.8, 4) is 0 Å². The van der Waals surface area contributed by atoms with E-state index in [2.05, 4.69) is 0 Å². The molecule has 0 bridgehead atoms. The van der Waals surface area contributed by atoms with Gasteiger partial charge in [-0.15, -0.1) is 0 Å². The van der Waals surface area contributed by atoms with Gasteiger partial charge in [-0.2, -0.15) is 0 Å². The van der Waals surface area contributed by atoms with Gasteiger partial charge in [0.25, 0.3) is 0 Å². The molecular formula is CH7O3P. The van der Waals surface area contributed by atoms with E-state index in [1.54, 1.807) is 0 Å². The standard InChI is InChI=1S/CH7O3P/c1-5(2,3)4/h2-5H,1H3. The Bertz CT molecular complexity index is 22.4. The van der Waals surface area contributed by atoms with Gasteiger partial charge in [0, 0.05) is 0 Å². The Morgan fingerprint density at radius 2 is 1.20 bits per heavy atom. The molecule has 34 valence electrons. The van der Waals surface area contributed by atoms with Crippen LogP contribution in [-0.4, -0.2) is 21.3 Å². The average Bonchev–Trinajstić information content (AvgIpc) is 0.722. The summed E-state index contributed by atoms with van der Waals surface area (Å²) in [6.45, 7) is 0.993. The molecule has 0 aromatic rings. The molecule has 0 aliphatic heterocycles. The zero-order chi connectivity index (χ0) is 4.50. The topological polar surface area (TPSA) is 60.7 Å². The van der Waals surface area contributed by atoms with Crippen molar-refractivity contribution in [2.75, 3.05) is 6.66 Å². The molecule has 0 heterocycles. The van der Waals surface area contributed by atoms with Crippen LogP contribution in [0.2, 0.25) is 0 Å². The third kappa shape index (κ3) is 239. The molecule has 0 aromatic carbocycles. The van der Waals surface area contributed by atoms with Crippen molar-refractivity contribution in [3.63, 3.8) is 0 Å². The fourth-order valence-electron chi connectivity index (χ4n) is 0. The Balaban J connectivity index is 3.02. The molecule has 0 atom stereocenters. The Hall–Kier alpha value is 0.310. The Labute approximate surface area is 30.5 Å². The van der Waals surface area contributed by atoms with Crippen molar-refractivity contribution >= 4 is 7.94 Å². The first-order valence-electron chi connectivity index (χ1n) is 1.17. The summed E-state index contributed by atoms with van der Waals surface area (Å²) >= 11 is 0. The maximum atomic E-state index is 7.77. The summed E-state index contributed by atoms with van der Waals surface area (Å²) in [4.78, 5) is 23.3. The fraction of sp³-hybridized carbons (Fsp3) is 1.00. The molecule has 0 saturated heterocycles. The summed E-state index contributed by atoms with van der Waals surface area (Å²) in [7, 11) is -3.61. The van der Waals surface area contributed by atoms with Gasteiger partial charge in [0.1, 0.15) is 0 Å². The summed E-state index contributed by atoms with van der Waals surface area (Å²) in [5.74, 6) is 0. The van der Waals surface area contributed by atoms with E-state index in [4.69, 9.17) is 14.7 Å². The molecule has 0 fully saturated rings. The second-order valence-electron chi connectivity index (χ2n) is 0.971. The normalized spacial score (nSPS) is 15.2. The van der Waals surface area contributed by atoms with Crippen LogP contribution in [0.3, 0.4) is 0 Å². The predicted molar refractivity (Wildman–Crippen MR) is 20.9 cm³/mol. The van der Waals surface area contributed by atoms with Gasteiger partial charge in [-0.1, -0.05) is 0 Å². The second-order valence-corrected chi connectivity index (χ2v) is 2.91.